The van der Waals surface area contributed by atoms with E-state index < -0.39 is 0 Å². The molecule has 3 nitrogen and oxygen atoms in total. The van der Waals surface area contributed by atoms with E-state index in [1.807, 2.05) is 44.2 Å². The van der Waals surface area contributed by atoms with E-state index in [9.17, 15) is 4.79 Å². The van der Waals surface area contributed by atoms with Crippen molar-refractivity contribution in [3.63, 3.8) is 0 Å². The fourth-order valence-electron chi connectivity index (χ4n) is 2.05. The Morgan fingerprint density at radius 3 is 2.83 bits per heavy atom. The van der Waals surface area contributed by atoms with Crippen LogP contribution < -0.4 is 5.73 Å². The molecule has 18 heavy (non-hydrogen) atoms. The lowest BCUT2D eigenvalue weighted by molar-refractivity contribution is 0.0925. The van der Waals surface area contributed by atoms with Gasteiger partial charge in [-0.15, -0.1) is 0 Å². The fourth-order valence-corrected chi connectivity index (χ4v) is 2.05. The van der Waals surface area contributed by atoms with Crippen molar-refractivity contribution in [2.24, 2.45) is 11.7 Å². The zero-order valence-electron chi connectivity index (χ0n) is 10.8. The Bertz CT molecular complexity index is 578. The molecule has 0 radical (unpaired) electrons. The molecule has 2 aromatic rings. The quantitative estimate of drug-likeness (QED) is 0.839. The molecule has 0 spiro atoms. The summed E-state index contributed by atoms with van der Waals surface area (Å²) in [4.78, 5) is 16.6. The van der Waals surface area contributed by atoms with Crippen LogP contribution in [0.1, 0.15) is 29.4 Å². The maximum Gasteiger partial charge on any atom is 0.165 e. The Morgan fingerprint density at radius 1 is 1.33 bits per heavy atom. The van der Waals surface area contributed by atoms with E-state index in [2.05, 4.69) is 4.98 Å². The van der Waals surface area contributed by atoms with Gasteiger partial charge in [-0.25, -0.2) is 0 Å². The van der Waals surface area contributed by atoms with Crippen LogP contribution in [0.2, 0.25) is 0 Å². The number of aryl methyl sites for hydroxylation is 1. The maximum absolute atomic E-state index is 12.2. The van der Waals surface area contributed by atoms with Gasteiger partial charge in [0.15, 0.2) is 5.78 Å². The summed E-state index contributed by atoms with van der Waals surface area (Å²) in [7, 11) is 0. The van der Waals surface area contributed by atoms with Gasteiger partial charge in [-0.05, 0) is 44.2 Å². The third kappa shape index (κ3) is 2.57. The summed E-state index contributed by atoms with van der Waals surface area (Å²) in [6.07, 6.45) is 0.725. The van der Waals surface area contributed by atoms with Crippen molar-refractivity contribution in [2.45, 2.75) is 20.3 Å². The number of ketones is 1. The number of fused-ring (bicyclic) bond motifs is 1. The molecule has 2 N–H and O–H groups in total. The summed E-state index contributed by atoms with van der Waals surface area (Å²) in [5.41, 5.74) is 8.15. The molecule has 0 amide bonds. The number of Topliss-reactive ketones (excluding diaryl/α,β-unsaturated/α-hetero) is 1. The Balaban J connectivity index is 2.35. The van der Waals surface area contributed by atoms with Gasteiger partial charge in [0.1, 0.15) is 0 Å². The van der Waals surface area contributed by atoms with Crippen LogP contribution in [0.15, 0.2) is 30.3 Å². The predicted octanol–water partition coefficient (Wildman–Crippen LogP) is 2.71. The van der Waals surface area contributed by atoms with Gasteiger partial charge in [-0.2, -0.15) is 0 Å². The Hall–Kier alpha value is -1.74. The highest BCUT2D eigenvalue weighted by molar-refractivity contribution is 6.00. The average Bonchev–Trinajstić information content (AvgIpc) is 2.37. The summed E-state index contributed by atoms with van der Waals surface area (Å²) < 4.78 is 0. The highest BCUT2D eigenvalue weighted by atomic mass is 16.1. The Morgan fingerprint density at radius 2 is 2.11 bits per heavy atom. The second-order valence-corrected chi connectivity index (χ2v) is 4.70. The predicted molar refractivity (Wildman–Crippen MR) is 73.6 cm³/mol. The first-order valence-electron chi connectivity index (χ1n) is 6.23. The highest BCUT2D eigenvalue weighted by Gasteiger charge is 2.14. The van der Waals surface area contributed by atoms with Crippen molar-refractivity contribution in [3.05, 3.63) is 41.6 Å². The van der Waals surface area contributed by atoms with Crippen LogP contribution in [0.5, 0.6) is 0 Å². The summed E-state index contributed by atoms with van der Waals surface area (Å²) in [6.45, 7) is 4.43. The van der Waals surface area contributed by atoms with Crippen LogP contribution in [0.3, 0.4) is 0 Å². The first kappa shape index (κ1) is 12.7. The van der Waals surface area contributed by atoms with E-state index in [1.165, 1.54) is 0 Å². The van der Waals surface area contributed by atoms with Gasteiger partial charge in [-0.1, -0.05) is 13.0 Å². The molecule has 1 aromatic carbocycles. The molecule has 2 rings (SSSR count). The SMILES string of the molecule is Cc1ccc2cc(C(=O)C(C)CCN)ccc2n1. The number of rotatable bonds is 4. The van der Waals surface area contributed by atoms with Crippen molar-refractivity contribution in [2.75, 3.05) is 6.54 Å². The number of hydrogen-bond donors (Lipinski definition) is 1. The van der Waals surface area contributed by atoms with Gasteiger partial charge in [0, 0.05) is 22.6 Å². The van der Waals surface area contributed by atoms with Gasteiger partial charge in [-0.3, -0.25) is 9.78 Å². The normalized spacial score (nSPS) is 12.6. The number of nitrogens with two attached hydrogens (primary N) is 1. The summed E-state index contributed by atoms with van der Waals surface area (Å²) in [5.74, 6) is 0.133. The number of aromatic nitrogens is 1. The van der Waals surface area contributed by atoms with Gasteiger partial charge < -0.3 is 5.73 Å². The molecule has 0 saturated heterocycles. The minimum atomic E-state index is -0.0224. The molecular weight excluding hydrogens is 224 g/mol. The monoisotopic (exact) mass is 242 g/mol. The fraction of sp³-hybridized carbons (Fsp3) is 0.333. The largest absolute Gasteiger partial charge is 0.330 e. The van der Waals surface area contributed by atoms with Crippen LogP contribution in [0.25, 0.3) is 10.9 Å². The lowest BCUT2D eigenvalue weighted by Gasteiger charge is -2.09. The van der Waals surface area contributed by atoms with E-state index >= 15 is 0 Å². The molecule has 1 unspecified atom stereocenters. The van der Waals surface area contributed by atoms with Crippen LogP contribution in [-0.2, 0) is 0 Å². The zero-order valence-corrected chi connectivity index (χ0v) is 10.8. The van der Waals surface area contributed by atoms with Crippen molar-refractivity contribution >= 4 is 16.7 Å². The van der Waals surface area contributed by atoms with E-state index in [4.69, 9.17) is 5.73 Å². The summed E-state index contributed by atoms with van der Waals surface area (Å²) in [5, 5.41) is 1.01. The Labute approximate surface area is 107 Å². The van der Waals surface area contributed by atoms with Crippen molar-refractivity contribution in [1.29, 1.82) is 0 Å². The van der Waals surface area contributed by atoms with Gasteiger partial charge in [0.2, 0.25) is 0 Å². The lowest BCUT2D eigenvalue weighted by Crippen LogP contribution is -2.15. The second-order valence-electron chi connectivity index (χ2n) is 4.70. The zero-order chi connectivity index (χ0) is 13.1. The van der Waals surface area contributed by atoms with E-state index in [1.54, 1.807) is 0 Å². The third-order valence-corrected chi connectivity index (χ3v) is 3.16. The highest BCUT2D eigenvalue weighted by Crippen LogP contribution is 2.18. The maximum atomic E-state index is 12.2. The van der Waals surface area contributed by atoms with Crippen LogP contribution in [0.4, 0.5) is 0 Å². The average molecular weight is 242 g/mol. The third-order valence-electron chi connectivity index (χ3n) is 3.16. The van der Waals surface area contributed by atoms with Crippen LogP contribution in [0, 0.1) is 12.8 Å². The van der Waals surface area contributed by atoms with E-state index in [0.29, 0.717) is 6.54 Å². The molecule has 3 heteroatoms. The number of carbonyl (C=O) groups excluding carboxylic acids is 1. The lowest BCUT2D eigenvalue weighted by atomic mass is 9.95. The summed E-state index contributed by atoms with van der Waals surface area (Å²) >= 11 is 0. The molecule has 1 aromatic heterocycles. The second kappa shape index (κ2) is 5.27. The van der Waals surface area contributed by atoms with Crippen LogP contribution in [-0.4, -0.2) is 17.3 Å². The molecular formula is C15H18N2O. The molecule has 1 atom stereocenters. The number of benzene rings is 1. The van der Waals surface area contributed by atoms with Crippen molar-refractivity contribution in [3.8, 4) is 0 Å². The number of carbonyl (C=O) groups is 1. The Kier molecular flexibility index (Phi) is 3.72. The van der Waals surface area contributed by atoms with E-state index in [0.717, 1.165) is 28.6 Å². The minimum Gasteiger partial charge on any atom is -0.330 e. The minimum absolute atomic E-state index is 0.0224. The van der Waals surface area contributed by atoms with Crippen molar-refractivity contribution < 1.29 is 4.79 Å². The van der Waals surface area contributed by atoms with Gasteiger partial charge in [0.05, 0.1) is 5.52 Å². The van der Waals surface area contributed by atoms with Gasteiger partial charge in [0.25, 0.3) is 0 Å². The molecule has 0 aliphatic heterocycles. The first-order valence-corrected chi connectivity index (χ1v) is 6.23. The smallest absolute Gasteiger partial charge is 0.165 e. The molecule has 1 heterocycles. The van der Waals surface area contributed by atoms with E-state index in [-0.39, 0.29) is 11.7 Å². The van der Waals surface area contributed by atoms with Crippen molar-refractivity contribution in [1.82, 2.24) is 4.98 Å². The molecule has 0 bridgehead atoms. The first-order chi connectivity index (χ1) is 8.61. The van der Waals surface area contributed by atoms with Gasteiger partial charge >= 0.3 is 0 Å². The molecule has 0 fully saturated rings. The number of pyridine rings is 1. The van der Waals surface area contributed by atoms with Crippen LogP contribution >= 0.6 is 0 Å². The summed E-state index contributed by atoms with van der Waals surface area (Å²) in [6, 6.07) is 9.63. The topological polar surface area (TPSA) is 56.0 Å². The molecule has 94 valence electrons. The number of nitrogens with zero attached hydrogens (tertiary/aromatic N) is 1. The molecule has 0 aliphatic rings. The molecule has 0 aliphatic carbocycles. The number of hydrogen-bond acceptors (Lipinski definition) is 3. The molecule has 0 saturated carbocycles. The standard InChI is InChI=1S/C15H18N2O/c1-10(7-8-16)15(18)13-5-6-14-12(9-13)4-3-11(2)17-14/h3-6,9-10H,7-8,16H2,1-2H3.